The molecule has 2 aliphatic rings. The van der Waals surface area contributed by atoms with E-state index in [1.807, 2.05) is 31.2 Å². The molecule has 132 valence electrons. The van der Waals surface area contributed by atoms with E-state index < -0.39 is 6.10 Å². The number of aliphatic hydroxyl groups excluding tert-OH is 1. The number of fused-ring (bicyclic) bond motifs is 1. The molecular weight excluding hydrogens is 321 g/mol. The maximum absolute atomic E-state index is 13.2. The molecule has 0 aliphatic carbocycles. The monoisotopic (exact) mass is 343 g/mol. The topological polar surface area (TPSA) is 41.9 Å². The van der Waals surface area contributed by atoms with Crippen LogP contribution in [0.15, 0.2) is 36.4 Å². The van der Waals surface area contributed by atoms with Crippen LogP contribution in [0.25, 0.3) is 0 Å². The molecule has 5 heteroatoms. The van der Waals surface area contributed by atoms with E-state index in [-0.39, 0.29) is 18.5 Å². The smallest absolute Gasteiger partial charge is 0.231 e. The molecule has 0 spiro atoms. The Morgan fingerprint density at radius 1 is 1.16 bits per heavy atom. The van der Waals surface area contributed by atoms with Gasteiger partial charge in [-0.1, -0.05) is 12.1 Å². The van der Waals surface area contributed by atoms with Gasteiger partial charge in [0.15, 0.2) is 11.5 Å². The molecule has 2 aromatic carbocycles. The zero-order valence-electron chi connectivity index (χ0n) is 14.2. The number of hydrogen-bond acceptors (Lipinski definition) is 4. The van der Waals surface area contributed by atoms with Gasteiger partial charge in [-0.15, -0.1) is 0 Å². The molecule has 0 saturated carbocycles. The van der Waals surface area contributed by atoms with E-state index in [1.54, 1.807) is 6.07 Å². The fraction of sp³-hybridized carbons (Fsp3) is 0.400. The first-order valence-electron chi connectivity index (χ1n) is 8.65. The van der Waals surface area contributed by atoms with E-state index in [1.165, 1.54) is 6.07 Å². The van der Waals surface area contributed by atoms with Gasteiger partial charge in [0.1, 0.15) is 5.82 Å². The number of likely N-dealkylation sites (tertiary alicyclic amines) is 1. The predicted octanol–water partition coefficient (Wildman–Crippen LogP) is 3.21. The molecule has 0 unspecified atom stereocenters. The van der Waals surface area contributed by atoms with Gasteiger partial charge in [0, 0.05) is 19.0 Å². The summed E-state index contributed by atoms with van der Waals surface area (Å²) in [4.78, 5) is 2.23. The SMILES string of the molecule is Cc1cc(F)ccc1CN1CC[C@@H](c2ccc3c(c2)OCO3)[C@H](O)C1. The number of aliphatic hydroxyl groups is 1. The van der Waals surface area contributed by atoms with Gasteiger partial charge in [-0.3, -0.25) is 4.90 Å². The average molecular weight is 343 g/mol. The van der Waals surface area contributed by atoms with Crippen molar-refractivity contribution in [3.05, 3.63) is 58.9 Å². The van der Waals surface area contributed by atoms with Crippen LogP contribution in [-0.4, -0.2) is 36.0 Å². The van der Waals surface area contributed by atoms with Crippen LogP contribution in [0.4, 0.5) is 4.39 Å². The van der Waals surface area contributed by atoms with Crippen LogP contribution in [0.3, 0.4) is 0 Å². The fourth-order valence-electron chi connectivity index (χ4n) is 3.75. The number of hydrogen-bond donors (Lipinski definition) is 1. The van der Waals surface area contributed by atoms with Gasteiger partial charge in [-0.05, 0) is 60.8 Å². The lowest BCUT2D eigenvalue weighted by molar-refractivity contribution is 0.0475. The zero-order chi connectivity index (χ0) is 17.4. The molecule has 1 saturated heterocycles. The Balaban J connectivity index is 1.43. The van der Waals surface area contributed by atoms with Crippen molar-refractivity contribution < 1.29 is 19.0 Å². The van der Waals surface area contributed by atoms with Crippen molar-refractivity contribution in [1.82, 2.24) is 4.90 Å². The van der Waals surface area contributed by atoms with Crippen LogP contribution in [0.2, 0.25) is 0 Å². The first-order chi connectivity index (χ1) is 12.1. The summed E-state index contributed by atoms with van der Waals surface area (Å²) in [7, 11) is 0. The third-order valence-corrected chi connectivity index (χ3v) is 5.19. The van der Waals surface area contributed by atoms with Crippen molar-refractivity contribution in [2.45, 2.75) is 31.9 Å². The average Bonchev–Trinajstić information content (AvgIpc) is 3.05. The Hall–Kier alpha value is -2.11. The lowest BCUT2D eigenvalue weighted by atomic mass is 9.86. The molecule has 2 heterocycles. The highest BCUT2D eigenvalue weighted by Crippen LogP contribution is 2.37. The first-order valence-corrected chi connectivity index (χ1v) is 8.65. The van der Waals surface area contributed by atoms with E-state index in [0.29, 0.717) is 6.54 Å². The molecule has 4 nitrogen and oxygen atoms in total. The molecule has 1 N–H and O–H groups in total. The molecule has 2 aliphatic heterocycles. The molecule has 2 atom stereocenters. The highest BCUT2D eigenvalue weighted by molar-refractivity contribution is 5.45. The molecule has 0 amide bonds. The van der Waals surface area contributed by atoms with Crippen LogP contribution in [0, 0.1) is 12.7 Å². The summed E-state index contributed by atoms with van der Waals surface area (Å²) in [6, 6.07) is 10.8. The first kappa shape index (κ1) is 16.4. The van der Waals surface area contributed by atoms with Gasteiger partial charge in [0.25, 0.3) is 0 Å². The van der Waals surface area contributed by atoms with Gasteiger partial charge in [0.05, 0.1) is 6.10 Å². The predicted molar refractivity (Wildman–Crippen MR) is 92.3 cm³/mol. The molecule has 2 aromatic rings. The van der Waals surface area contributed by atoms with Crippen LogP contribution in [0.1, 0.15) is 29.0 Å². The molecule has 0 aromatic heterocycles. The van der Waals surface area contributed by atoms with E-state index in [2.05, 4.69) is 4.90 Å². The summed E-state index contributed by atoms with van der Waals surface area (Å²) in [5.41, 5.74) is 3.15. The van der Waals surface area contributed by atoms with Crippen molar-refractivity contribution in [2.75, 3.05) is 19.9 Å². The lowest BCUT2D eigenvalue weighted by Crippen LogP contribution is -2.42. The van der Waals surface area contributed by atoms with Crippen LogP contribution in [0.5, 0.6) is 11.5 Å². The minimum absolute atomic E-state index is 0.0973. The number of rotatable bonds is 3. The van der Waals surface area contributed by atoms with Crippen molar-refractivity contribution in [2.24, 2.45) is 0 Å². The summed E-state index contributed by atoms with van der Waals surface area (Å²) in [5.74, 6) is 1.42. The quantitative estimate of drug-likeness (QED) is 0.929. The largest absolute Gasteiger partial charge is 0.454 e. The number of halogens is 1. The van der Waals surface area contributed by atoms with Crippen molar-refractivity contribution in [3.63, 3.8) is 0 Å². The van der Waals surface area contributed by atoms with Gasteiger partial charge >= 0.3 is 0 Å². The number of aryl methyl sites for hydroxylation is 1. The van der Waals surface area contributed by atoms with E-state index in [4.69, 9.17) is 9.47 Å². The van der Waals surface area contributed by atoms with Crippen molar-refractivity contribution in [3.8, 4) is 11.5 Å². The Labute approximate surface area is 146 Å². The van der Waals surface area contributed by atoms with Gasteiger partial charge in [-0.2, -0.15) is 0 Å². The Kier molecular flexibility index (Phi) is 4.36. The number of piperidine rings is 1. The zero-order valence-corrected chi connectivity index (χ0v) is 14.2. The molecule has 1 fully saturated rings. The number of β-amino-alcohol motifs (C(OH)–C–C–N with tert-alkyl or cyclic N) is 1. The molecule has 25 heavy (non-hydrogen) atoms. The number of ether oxygens (including phenoxy) is 2. The number of benzene rings is 2. The van der Waals surface area contributed by atoms with Crippen LogP contribution in [-0.2, 0) is 6.54 Å². The van der Waals surface area contributed by atoms with Gasteiger partial charge in [0.2, 0.25) is 6.79 Å². The summed E-state index contributed by atoms with van der Waals surface area (Å²) in [6.07, 6.45) is 0.441. The van der Waals surface area contributed by atoms with E-state index in [9.17, 15) is 9.50 Å². The maximum Gasteiger partial charge on any atom is 0.231 e. The Morgan fingerprint density at radius 2 is 2.00 bits per heavy atom. The van der Waals surface area contributed by atoms with Gasteiger partial charge < -0.3 is 14.6 Å². The minimum Gasteiger partial charge on any atom is -0.454 e. The second-order valence-electron chi connectivity index (χ2n) is 6.88. The summed E-state index contributed by atoms with van der Waals surface area (Å²) >= 11 is 0. The second-order valence-corrected chi connectivity index (χ2v) is 6.88. The number of nitrogens with zero attached hydrogens (tertiary/aromatic N) is 1. The molecule has 0 radical (unpaired) electrons. The molecule has 0 bridgehead atoms. The summed E-state index contributed by atoms with van der Waals surface area (Å²) in [5, 5.41) is 10.7. The lowest BCUT2D eigenvalue weighted by Gasteiger charge is -2.36. The van der Waals surface area contributed by atoms with Crippen LogP contribution < -0.4 is 9.47 Å². The van der Waals surface area contributed by atoms with Crippen molar-refractivity contribution >= 4 is 0 Å². The summed E-state index contributed by atoms with van der Waals surface area (Å²) in [6.45, 7) is 4.42. The minimum atomic E-state index is -0.435. The van der Waals surface area contributed by atoms with E-state index >= 15 is 0 Å². The maximum atomic E-state index is 13.2. The Morgan fingerprint density at radius 3 is 2.80 bits per heavy atom. The van der Waals surface area contributed by atoms with Crippen LogP contribution >= 0.6 is 0 Å². The third-order valence-electron chi connectivity index (χ3n) is 5.19. The highest BCUT2D eigenvalue weighted by Gasteiger charge is 2.30. The normalized spacial score (nSPS) is 23.0. The molecular formula is C20H22FNO3. The second kappa shape index (κ2) is 6.65. The standard InChI is InChI=1S/C20H22FNO3/c1-13-8-16(21)4-2-15(13)10-22-7-6-17(18(23)11-22)14-3-5-19-20(9-14)25-12-24-19/h2-5,8-9,17-18,23H,6-7,10-12H2,1H3/t17-,18+/m0/s1. The third kappa shape index (κ3) is 3.34. The van der Waals surface area contributed by atoms with Crippen molar-refractivity contribution in [1.29, 1.82) is 0 Å². The highest BCUT2D eigenvalue weighted by atomic mass is 19.1. The van der Waals surface area contributed by atoms with Gasteiger partial charge in [-0.25, -0.2) is 4.39 Å². The van der Waals surface area contributed by atoms with E-state index in [0.717, 1.165) is 47.7 Å². The molecule has 4 rings (SSSR count). The fourth-order valence-corrected chi connectivity index (χ4v) is 3.75. The summed E-state index contributed by atoms with van der Waals surface area (Å²) < 4.78 is 24.0. The Bertz CT molecular complexity index is 780.